The summed E-state index contributed by atoms with van der Waals surface area (Å²) in [5.74, 6) is 2.01. The van der Waals surface area contributed by atoms with Gasteiger partial charge in [-0.05, 0) is 12.1 Å². The van der Waals surface area contributed by atoms with Gasteiger partial charge >= 0.3 is 0 Å². The van der Waals surface area contributed by atoms with Crippen LogP contribution in [0.3, 0.4) is 0 Å². The average Bonchev–Trinajstić information content (AvgIpc) is 3.09. The molecule has 1 unspecified atom stereocenters. The zero-order chi connectivity index (χ0) is 18.2. The minimum Gasteiger partial charge on any atom is -0.491 e. The van der Waals surface area contributed by atoms with E-state index in [1.807, 2.05) is 71.3 Å². The van der Waals surface area contributed by atoms with E-state index in [0.29, 0.717) is 12.3 Å². The topological polar surface area (TPSA) is 60.2 Å². The summed E-state index contributed by atoms with van der Waals surface area (Å²) in [7, 11) is 0. The van der Waals surface area contributed by atoms with Gasteiger partial charge < -0.3 is 9.84 Å². The molecule has 0 radical (unpaired) electrons. The van der Waals surface area contributed by atoms with Crippen LogP contribution in [-0.2, 0) is 6.54 Å². The first kappa shape index (κ1) is 18.2. The van der Waals surface area contributed by atoms with Crippen LogP contribution in [-0.4, -0.2) is 38.3 Å². The fourth-order valence-electron chi connectivity index (χ4n) is 2.42. The quantitative estimate of drug-likeness (QED) is 0.462. The molecule has 26 heavy (non-hydrogen) atoms. The largest absolute Gasteiger partial charge is 0.491 e. The maximum absolute atomic E-state index is 10.2. The number of thioether (sulfide) groups is 1. The zero-order valence-corrected chi connectivity index (χ0v) is 15.2. The summed E-state index contributed by atoms with van der Waals surface area (Å²) in [6.07, 6.45) is 1.21. The van der Waals surface area contributed by atoms with Gasteiger partial charge in [-0.2, -0.15) is 0 Å². The van der Waals surface area contributed by atoms with Crippen molar-refractivity contribution in [3.05, 3.63) is 73.3 Å². The number of ether oxygens (including phenoxy) is 1. The molecule has 1 aromatic heterocycles. The highest BCUT2D eigenvalue weighted by atomic mass is 32.2. The molecule has 0 amide bonds. The number of rotatable bonds is 9. The van der Waals surface area contributed by atoms with E-state index in [9.17, 15) is 5.11 Å². The van der Waals surface area contributed by atoms with E-state index in [1.165, 1.54) is 11.8 Å². The Kier molecular flexibility index (Phi) is 6.46. The third-order valence-corrected chi connectivity index (χ3v) is 4.76. The summed E-state index contributed by atoms with van der Waals surface area (Å²) in [6.45, 7) is 4.66. The smallest absolute Gasteiger partial charge is 0.191 e. The fourth-order valence-corrected chi connectivity index (χ4v) is 3.27. The number of hydrogen-bond donors (Lipinski definition) is 1. The Morgan fingerprint density at radius 2 is 1.77 bits per heavy atom. The van der Waals surface area contributed by atoms with Crippen molar-refractivity contribution in [2.24, 2.45) is 0 Å². The lowest BCUT2D eigenvalue weighted by Crippen LogP contribution is -2.20. The molecule has 6 heteroatoms. The predicted octanol–water partition coefficient (Wildman–Crippen LogP) is 3.66. The van der Waals surface area contributed by atoms with Crippen LogP contribution in [0.5, 0.6) is 5.75 Å². The van der Waals surface area contributed by atoms with Gasteiger partial charge in [-0.1, -0.05) is 66.4 Å². The van der Waals surface area contributed by atoms with Crippen LogP contribution in [0.25, 0.3) is 11.4 Å². The predicted molar refractivity (Wildman–Crippen MR) is 104 cm³/mol. The first-order valence-electron chi connectivity index (χ1n) is 8.36. The van der Waals surface area contributed by atoms with Crippen LogP contribution >= 0.6 is 11.8 Å². The molecule has 134 valence electrons. The van der Waals surface area contributed by atoms with Gasteiger partial charge in [-0.15, -0.1) is 16.8 Å². The van der Waals surface area contributed by atoms with Crippen LogP contribution in [0, 0.1) is 0 Å². The molecule has 0 aliphatic heterocycles. The Morgan fingerprint density at radius 1 is 1.08 bits per heavy atom. The van der Waals surface area contributed by atoms with Gasteiger partial charge in [0.2, 0.25) is 0 Å². The number of aliphatic hydroxyl groups excluding tert-OH is 1. The van der Waals surface area contributed by atoms with E-state index < -0.39 is 6.10 Å². The van der Waals surface area contributed by atoms with E-state index in [1.54, 1.807) is 0 Å². The number of para-hydroxylation sites is 1. The second-order valence-corrected chi connectivity index (χ2v) is 6.65. The monoisotopic (exact) mass is 367 g/mol. The van der Waals surface area contributed by atoms with Gasteiger partial charge in [0.15, 0.2) is 11.0 Å². The van der Waals surface area contributed by atoms with Crippen molar-refractivity contribution in [2.45, 2.75) is 17.8 Å². The summed E-state index contributed by atoms with van der Waals surface area (Å²) < 4.78 is 7.58. The summed E-state index contributed by atoms with van der Waals surface area (Å²) in [6, 6.07) is 19.4. The summed E-state index contributed by atoms with van der Waals surface area (Å²) in [5.41, 5.74) is 1.00. The zero-order valence-electron chi connectivity index (χ0n) is 14.4. The van der Waals surface area contributed by atoms with Crippen LogP contribution in [0.4, 0.5) is 0 Å². The molecule has 1 heterocycles. The highest BCUT2D eigenvalue weighted by Gasteiger charge is 2.15. The van der Waals surface area contributed by atoms with Gasteiger partial charge in [0, 0.05) is 17.9 Å². The molecular weight excluding hydrogens is 346 g/mol. The lowest BCUT2D eigenvalue weighted by Gasteiger charge is -2.12. The molecule has 3 aromatic rings. The lowest BCUT2D eigenvalue weighted by atomic mass is 10.2. The molecule has 3 rings (SSSR count). The van der Waals surface area contributed by atoms with Crippen molar-refractivity contribution in [1.82, 2.24) is 14.8 Å². The first-order chi connectivity index (χ1) is 12.8. The minimum absolute atomic E-state index is 0.234. The van der Waals surface area contributed by atoms with Crippen molar-refractivity contribution >= 4 is 11.8 Å². The van der Waals surface area contributed by atoms with E-state index in [4.69, 9.17) is 4.74 Å². The molecule has 0 aliphatic carbocycles. The molecule has 1 N–H and O–H groups in total. The molecule has 0 fully saturated rings. The SMILES string of the molecule is C=CCn1c(SCC(O)COc2ccccc2)nnc1-c1ccccc1. The molecule has 0 saturated carbocycles. The van der Waals surface area contributed by atoms with Crippen LogP contribution in [0.15, 0.2) is 78.5 Å². The Bertz CT molecular complexity index is 822. The highest BCUT2D eigenvalue weighted by Crippen LogP contribution is 2.24. The van der Waals surface area contributed by atoms with Crippen molar-refractivity contribution in [2.75, 3.05) is 12.4 Å². The second kappa shape index (κ2) is 9.22. The maximum atomic E-state index is 10.2. The molecule has 0 bridgehead atoms. The van der Waals surface area contributed by atoms with Crippen LogP contribution in [0.1, 0.15) is 0 Å². The van der Waals surface area contributed by atoms with Gasteiger partial charge in [0.05, 0.1) is 6.10 Å². The summed E-state index contributed by atoms with van der Waals surface area (Å²) in [4.78, 5) is 0. The molecule has 0 spiro atoms. The molecule has 1 atom stereocenters. The number of benzene rings is 2. The number of hydrogen-bond acceptors (Lipinski definition) is 5. The average molecular weight is 367 g/mol. The van der Waals surface area contributed by atoms with Gasteiger partial charge in [-0.3, -0.25) is 4.57 Å². The second-order valence-electron chi connectivity index (χ2n) is 5.66. The fraction of sp³-hybridized carbons (Fsp3) is 0.200. The Morgan fingerprint density at radius 3 is 2.46 bits per heavy atom. The summed E-state index contributed by atoms with van der Waals surface area (Å²) >= 11 is 1.46. The Labute approximate surface area is 157 Å². The van der Waals surface area contributed by atoms with E-state index in [-0.39, 0.29) is 6.61 Å². The van der Waals surface area contributed by atoms with Gasteiger partial charge in [0.1, 0.15) is 12.4 Å². The van der Waals surface area contributed by atoms with E-state index >= 15 is 0 Å². The van der Waals surface area contributed by atoms with E-state index in [2.05, 4.69) is 16.8 Å². The van der Waals surface area contributed by atoms with Crippen molar-refractivity contribution < 1.29 is 9.84 Å². The van der Waals surface area contributed by atoms with Crippen LogP contribution in [0.2, 0.25) is 0 Å². The third kappa shape index (κ3) is 4.74. The van der Waals surface area contributed by atoms with Crippen LogP contribution < -0.4 is 4.74 Å². The molecule has 2 aromatic carbocycles. The summed E-state index contributed by atoms with van der Waals surface area (Å²) in [5, 5.41) is 19.5. The molecule has 0 saturated heterocycles. The number of nitrogens with zero attached hydrogens (tertiary/aromatic N) is 3. The first-order valence-corrected chi connectivity index (χ1v) is 9.34. The van der Waals surface area contributed by atoms with Crippen molar-refractivity contribution in [3.8, 4) is 17.1 Å². The number of allylic oxidation sites excluding steroid dienone is 1. The third-order valence-electron chi connectivity index (χ3n) is 3.65. The Balaban J connectivity index is 1.62. The lowest BCUT2D eigenvalue weighted by molar-refractivity contribution is 0.126. The normalized spacial score (nSPS) is 11.9. The molecule has 5 nitrogen and oxygen atoms in total. The van der Waals surface area contributed by atoms with Crippen molar-refractivity contribution in [3.63, 3.8) is 0 Å². The molecular formula is C20H21N3O2S. The minimum atomic E-state index is -0.603. The number of aliphatic hydroxyl groups is 1. The van der Waals surface area contributed by atoms with Crippen molar-refractivity contribution in [1.29, 1.82) is 0 Å². The highest BCUT2D eigenvalue weighted by molar-refractivity contribution is 7.99. The number of aromatic nitrogens is 3. The standard InChI is InChI=1S/C20H21N3O2S/c1-2-13-23-19(16-9-5-3-6-10-16)21-22-20(23)26-15-17(24)14-25-18-11-7-4-8-12-18/h2-12,17,24H,1,13-15H2. The maximum Gasteiger partial charge on any atom is 0.191 e. The van der Waals surface area contributed by atoms with Gasteiger partial charge in [-0.25, -0.2) is 0 Å². The van der Waals surface area contributed by atoms with E-state index in [0.717, 1.165) is 22.3 Å². The van der Waals surface area contributed by atoms with Gasteiger partial charge in [0.25, 0.3) is 0 Å². The molecule has 0 aliphatic rings. The Hall–Kier alpha value is -2.57.